The summed E-state index contributed by atoms with van der Waals surface area (Å²) in [6.07, 6.45) is 0. The first-order valence-electron chi connectivity index (χ1n) is 5.68. The molecule has 8 heteroatoms. The molecule has 108 valence electrons. The lowest BCUT2D eigenvalue weighted by atomic mass is 10.1. The van der Waals surface area contributed by atoms with Crippen LogP contribution in [0.5, 0.6) is 0 Å². The number of aliphatic carboxylic acids is 1. The van der Waals surface area contributed by atoms with Gasteiger partial charge in [0.15, 0.2) is 0 Å². The van der Waals surface area contributed by atoms with E-state index < -0.39 is 40.9 Å². The van der Waals surface area contributed by atoms with Gasteiger partial charge >= 0.3 is 5.97 Å². The number of amides is 1. The van der Waals surface area contributed by atoms with Crippen LogP contribution in [-0.2, 0) is 4.79 Å². The normalized spacial score (nSPS) is 18.9. The molecule has 0 radical (unpaired) electrons. The fraction of sp³-hybridized carbons (Fsp3) is 0.333. The summed E-state index contributed by atoms with van der Waals surface area (Å²) in [6, 6.07) is -0.361. The predicted molar refractivity (Wildman–Crippen MR) is 66.1 cm³/mol. The number of carbonyl (C=O) groups excluding carboxylic acids is 1. The van der Waals surface area contributed by atoms with E-state index in [0.29, 0.717) is 17.9 Å². The molecule has 2 rings (SSSR count). The Balaban J connectivity index is 2.37. The molecule has 1 unspecified atom stereocenters. The fourth-order valence-electron chi connectivity index (χ4n) is 1.94. The highest BCUT2D eigenvalue weighted by Crippen LogP contribution is 2.22. The van der Waals surface area contributed by atoms with Crippen molar-refractivity contribution in [3.05, 3.63) is 35.1 Å². The minimum absolute atomic E-state index is 0.0662. The summed E-state index contributed by atoms with van der Waals surface area (Å²) in [7, 11) is 0. The lowest BCUT2D eigenvalue weighted by Gasteiger charge is -2.32. The summed E-state index contributed by atoms with van der Waals surface area (Å²) >= 11 is 1.34. The van der Waals surface area contributed by atoms with Crippen molar-refractivity contribution in [1.29, 1.82) is 0 Å². The Bertz CT molecular complexity index is 544. The van der Waals surface area contributed by atoms with Gasteiger partial charge in [0.2, 0.25) is 0 Å². The van der Waals surface area contributed by atoms with E-state index in [2.05, 4.69) is 0 Å². The molecule has 20 heavy (non-hydrogen) atoms. The molecule has 1 atom stereocenters. The second kappa shape index (κ2) is 5.74. The molecule has 0 bridgehead atoms. The van der Waals surface area contributed by atoms with E-state index in [1.165, 1.54) is 11.8 Å². The molecule has 1 N–H and O–H groups in total. The molecule has 0 spiro atoms. The molecular weight excluding hydrogens is 295 g/mol. The summed E-state index contributed by atoms with van der Waals surface area (Å²) < 4.78 is 39.9. The van der Waals surface area contributed by atoms with Gasteiger partial charge in [-0.15, -0.1) is 0 Å². The third-order valence-corrected chi connectivity index (χ3v) is 3.92. The SMILES string of the molecule is O=C(O)C1CSCCN1C(=O)c1c(F)cc(F)cc1F. The highest BCUT2D eigenvalue weighted by Gasteiger charge is 2.35. The van der Waals surface area contributed by atoms with Crippen molar-refractivity contribution in [1.82, 2.24) is 4.90 Å². The molecule has 1 aromatic rings. The predicted octanol–water partition coefficient (Wildman–Crippen LogP) is 1.75. The average Bonchev–Trinajstić information content (AvgIpc) is 2.37. The Labute approximate surface area is 116 Å². The number of hydrogen-bond donors (Lipinski definition) is 1. The molecule has 0 aliphatic carbocycles. The van der Waals surface area contributed by atoms with E-state index in [0.717, 1.165) is 4.90 Å². The van der Waals surface area contributed by atoms with E-state index in [9.17, 15) is 22.8 Å². The van der Waals surface area contributed by atoms with E-state index in [1.54, 1.807) is 0 Å². The highest BCUT2D eigenvalue weighted by atomic mass is 32.2. The van der Waals surface area contributed by atoms with Gasteiger partial charge in [0.1, 0.15) is 29.1 Å². The van der Waals surface area contributed by atoms with Crippen molar-refractivity contribution in [2.75, 3.05) is 18.1 Å². The molecule has 1 amide bonds. The van der Waals surface area contributed by atoms with Gasteiger partial charge in [0.05, 0.1) is 0 Å². The van der Waals surface area contributed by atoms with Crippen LogP contribution in [0.1, 0.15) is 10.4 Å². The maximum atomic E-state index is 13.6. The molecule has 0 aromatic heterocycles. The third-order valence-electron chi connectivity index (χ3n) is 2.90. The monoisotopic (exact) mass is 305 g/mol. The summed E-state index contributed by atoms with van der Waals surface area (Å²) in [5.41, 5.74) is -0.926. The quantitative estimate of drug-likeness (QED) is 0.904. The lowest BCUT2D eigenvalue weighted by Crippen LogP contribution is -2.50. The second-order valence-corrected chi connectivity index (χ2v) is 5.32. The van der Waals surface area contributed by atoms with Gasteiger partial charge in [0.25, 0.3) is 5.91 Å². The van der Waals surface area contributed by atoms with Crippen LogP contribution >= 0.6 is 11.8 Å². The van der Waals surface area contributed by atoms with Crippen LogP contribution in [-0.4, -0.2) is 46.0 Å². The number of rotatable bonds is 2. The van der Waals surface area contributed by atoms with Crippen LogP contribution in [0, 0.1) is 17.5 Å². The Hall–Kier alpha value is -1.70. The molecule has 1 aliphatic rings. The first kappa shape index (κ1) is 14.7. The van der Waals surface area contributed by atoms with Crippen LogP contribution < -0.4 is 0 Å². The maximum absolute atomic E-state index is 13.6. The number of halogens is 3. The zero-order valence-corrected chi connectivity index (χ0v) is 10.9. The summed E-state index contributed by atoms with van der Waals surface area (Å²) in [5, 5.41) is 9.03. The van der Waals surface area contributed by atoms with Gasteiger partial charge in [-0.1, -0.05) is 0 Å². The van der Waals surface area contributed by atoms with Gasteiger partial charge in [-0.2, -0.15) is 11.8 Å². The van der Waals surface area contributed by atoms with Crippen LogP contribution in [0.2, 0.25) is 0 Å². The number of carboxylic acids is 1. The van der Waals surface area contributed by atoms with Gasteiger partial charge in [-0.3, -0.25) is 4.79 Å². The first-order chi connectivity index (χ1) is 9.41. The third kappa shape index (κ3) is 2.74. The number of benzene rings is 1. The summed E-state index contributed by atoms with van der Waals surface area (Å²) in [6.45, 7) is 0.0662. The van der Waals surface area contributed by atoms with Crippen LogP contribution in [0.3, 0.4) is 0 Å². The second-order valence-electron chi connectivity index (χ2n) is 4.17. The number of thioether (sulfide) groups is 1. The highest BCUT2D eigenvalue weighted by molar-refractivity contribution is 7.99. The molecule has 1 aromatic carbocycles. The number of carboxylic acid groups (broad SMARTS) is 1. The van der Waals surface area contributed by atoms with E-state index in [1.807, 2.05) is 0 Å². The van der Waals surface area contributed by atoms with Gasteiger partial charge in [-0.25, -0.2) is 18.0 Å². The molecule has 1 heterocycles. The van der Waals surface area contributed by atoms with Gasteiger partial charge < -0.3 is 10.0 Å². The standard InChI is InChI=1S/C12H10F3NO3S/c13-6-3-7(14)10(8(15)4-6)11(17)16-1-2-20-5-9(16)12(18)19/h3-4,9H,1-2,5H2,(H,18,19). The minimum atomic E-state index is -1.34. The minimum Gasteiger partial charge on any atom is -0.480 e. The van der Waals surface area contributed by atoms with Crippen LogP contribution in [0.25, 0.3) is 0 Å². The zero-order chi connectivity index (χ0) is 14.9. The number of nitrogens with zero attached hydrogens (tertiary/aromatic N) is 1. The molecule has 4 nitrogen and oxygen atoms in total. The average molecular weight is 305 g/mol. The van der Waals surface area contributed by atoms with Crippen molar-refractivity contribution >= 4 is 23.6 Å². The molecule has 0 saturated carbocycles. The first-order valence-corrected chi connectivity index (χ1v) is 6.83. The van der Waals surface area contributed by atoms with Crippen molar-refractivity contribution in [2.24, 2.45) is 0 Å². The molecule has 1 aliphatic heterocycles. The Kier molecular flexibility index (Phi) is 4.22. The summed E-state index contributed by atoms with van der Waals surface area (Å²) in [5.74, 6) is -5.52. The molecule has 1 saturated heterocycles. The van der Waals surface area contributed by atoms with Gasteiger partial charge in [-0.05, 0) is 0 Å². The topological polar surface area (TPSA) is 57.6 Å². The van der Waals surface area contributed by atoms with Crippen molar-refractivity contribution in [3.8, 4) is 0 Å². The van der Waals surface area contributed by atoms with Crippen molar-refractivity contribution in [2.45, 2.75) is 6.04 Å². The number of carbonyl (C=O) groups is 2. The summed E-state index contributed by atoms with van der Waals surface area (Å²) in [4.78, 5) is 24.1. The lowest BCUT2D eigenvalue weighted by molar-refractivity contribution is -0.141. The maximum Gasteiger partial charge on any atom is 0.327 e. The molecule has 1 fully saturated rings. The molecular formula is C12H10F3NO3S. The van der Waals surface area contributed by atoms with Crippen LogP contribution in [0.4, 0.5) is 13.2 Å². The Morgan fingerprint density at radius 2 is 1.85 bits per heavy atom. The van der Waals surface area contributed by atoms with E-state index >= 15 is 0 Å². The largest absolute Gasteiger partial charge is 0.480 e. The smallest absolute Gasteiger partial charge is 0.327 e. The van der Waals surface area contributed by atoms with Crippen molar-refractivity contribution in [3.63, 3.8) is 0 Å². The van der Waals surface area contributed by atoms with Gasteiger partial charge in [0, 0.05) is 30.2 Å². The van der Waals surface area contributed by atoms with E-state index in [4.69, 9.17) is 5.11 Å². The number of hydrogen-bond acceptors (Lipinski definition) is 3. The van der Waals surface area contributed by atoms with E-state index in [-0.39, 0.29) is 12.3 Å². The van der Waals surface area contributed by atoms with Crippen molar-refractivity contribution < 1.29 is 27.9 Å². The van der Waals surface area contributed by atoms with Crippen LogP contribution in [0.15, 0.2) is 12.1 Å². The Morgan fingerprint density at radius 1 is 1.25 bits per heavy atom. The fourth-order valence-corrected chi connectivity index (χ4v) is 2.98. The Morgan fingerprint density at radius 3 is 2.40 bits per heavy atom. The zero-order valence-electron chi connectivity index (χ0n) is 10.1.